The van der Waals surface area contributed by atoms with Crippen molar-refractivity contribution in [2.24, 2.45) is 11.8 Å². The van der Waals surface area contributed by atoms with Gasteiger partial charge in [-0.2, -0.15) is 0 Å². The summed E-state index contributed by atoms with van der Waals surface area (Å²) in [5, 5.41) is 9.88. The fourth-order valence-electron chi connectivity index (χ4n) is 6.14. The number of anilines is 1. The number of carboxylic acid groups (broad SMARTS) is 1. The molecule has 1 aromatic rings. The van der Waals surface area contributed by atoms with Crippen molar-refractivity contribution in [3.8, 4) is 0 Å². The average Bonchev–Trinajstić information content (AvgIpc) is 3.39. The number of aliphatic carboxylic acids is 1. The Hall–Kier alpha value is -2.19. The molecule has 0 aliphatic carbocycles. The van der Waals surface area contributed by atoms with Crippen molar-refractivity contribution in [2.75, 3.05) is 11.4 Å². The van der Waals surface area contributed by atoms with E-state index < -0.39 is 27.9 Å². The topological polar surface area (TPSA) is 87.2 Å². The van der Waals surface area contributed by atoms with Crippen molar-refractivity contribution in [1.82, 2.24) is 4.90 Å². The van der Waals surface area contributed by atoms with E-state index in [1.807, 2.05) is 35.2 Å². The first-order valence-electron chi connectivity index (χ1n) is 9.91. The lowest BCUT2D eigenvalue weighted by Crippen LogP contribution is -2.51. The number of hydrogen-bond acceptors (Lipinski definition) is 4. The third-order valence-electron chi connectivity index (χ3n) is 7.24. The molecule has 3 fully saturated rings. The van der Waals surface area contributed by atoms with E-state index in [1.165, 1.54) is 0 Å². The van der Waals surface area contributed by atoms with Gasteiger partial charge in [0.05, 0.1) is 18.0 Å². The Morgan fingerprint density at radius 3 is 2.76 bits per heavy atom. The molecule has 0 radical (unpaired) electrons. The maximum atomic E-state index is 13.6. The number of nitrogens with zero attached hydrogens (tertiary/aromatic N) is 2. The van der Waals surface area contributed by atoms with Gasteiger partial charge in [0.15, 0.2) is 4.51 Å². The second kappa shape index (κ2) is 5.49. The number of carbonyl (C=O) groups excluding carboxylic acids is 2. The number of benzene rings is 1. The van der Waals surface area contributed by atoms with Crippen LogP contribution in [0.3, 0.4) is 0 Å². The predicted octanol–water partition coefficient (Wildman–Crippen LogP) is 2.22. The summed E-state index contributed by atoms with van der Waals surface area (Å²) in [4.78, 5) is 41.8. The molecule has 1 aromatic carbocycles. The first kappa shape index (κ1) is 17.7. The number of para-hydroxylation sites is 1. The summed E-state index contributed by atoms with van der Waals surface area (Å²) in [7, 11) is 0. The minimum absolute atomic E-state index is 0.129. The third-order valence-corrected chi connectivity index (χ3v) is 8.16. The average molecular weight is 459 g/mol. The highest BCUT2D eigenvalue weighted by atomic mass is 79.9. The molecule has 5 heterocycles. The van der Waals surface area contributed by atoms with Gasteiger partial charge in [-0.3, -0.25) is 14.4 Å². The van der Waals surface area contributed by atoms with E-state index in [9.17, 15) is 19.5 Å². The van der Waals surface area contributed by atoms with Gasteiger partial charge in [-0.25, -0.2) is 0 Å². The highest BCUT2D eigenvalue weighted by Gasteiger charge is 2.76. The van der Waals surface area contributed by atoms with Gasteiger partial charge in [0.2, 0.25) is 11.8 Å². The maximum absolute atomic E-state index is 13.6. The number of alkyl halides is 1. The molecule has 6 atom stereocenters. The van der Waals surface area contributed by atoms with Crippen LogP contribution in [-0.2, 0) is 19.1 Å². The lowest BCUT2D eigenvalue weighted by Gasteiger charge is -2.44. The number of fused-ring (bicyclic) bond motifs is 4. The Balaban J connectivity index is 1.52. The number of rotatable bonds is 2. The predicted molar refractivity (Wildman–Crippen MR) is 105 cm³/mol. The number of carbonyl (C=O) groups is 3. The summed E-state index contributed by atoms with van der Waals surface area (Å²) in [6.07, 6.45) is 5.51. The SMILES string of the molecule is O=C(O)[C@H]1[C@H]2C(=O)N3c4ccccc4[C@@H](N4CCCC4=O)C[C@H]3[C@]23C=C[C@@]1(Br)O3. The second-order valence-electron chi connectivity index (χ2n) is 8.51. The van der Waals surface area contributed by atoms with Crippen molar-refractivity contribution < 1.29 is 24.2 Å². The van der Waals surface area contributed by atoms with Crippen LogP contribution in [-0.4, -0.2) is 50.5 Å². The summed E-state index contributed by atoms with van der Waals surface area (Å²) < 4.78 is 5.13. The van der Waals surface area contributed by atoms with E-state index >= 15 is 0 Å². The Labute approximate surface area is 175 Å². The third kappa shape index (κ3) is 1.99. The molecule has 8 heteroatoms. The maximum Gasteiger partial charge on any atom is 0.311 e. The van der Waals surface area contributed by atoms with E-state index in [0.717, 1.165) is 17.7 Å². The summed E-state index contributed by atoms with van der Waals surface area (Å²) in [6.45, 7) is 0.700. The smallest absolute Gasteiger partial charge is 0.311 e. The van der Waals surface area contributed by atoms with Crippen LogP contribution in [0, 0.1) is 11.8 Å². The zero-order valence-corrected chi connectivity index (χ0v) is 17.0. The molecule has 0 unspecified atom stereocenters. The van der Waals surface area contributed by atoms with Crippen LogP contribution in [0.4, 0.5) is 5.69 Å². The van der Waals surface area contributed by atoms with Gasteiger partial charge in [0.1, 0.15) is 11.5 Å². The molecular formula is C21H19BrN2O5. The zero-order chi connectivity index (χ0) is 20.1. The van der Waals surface area contributed by atoms with Crippen molar-refractivity contribution in [3.63, 3.8) is 0 Å². The highest BCUT2D eigenvalue weighted by molar-refractivity contribution is 9.10. The fourth-order valence-corrected chi connectivity index (χ4v) is 7.01. The van der Waals surface area contributed by atoms with Crippen LogP contribution in [0.5, 0.6) is 0 Å². The molecule has 150 valence electrons. The summed E-state index contributed by atoms with van der Waals surface area (Å²) in [5.41, 5.74) is 0.705. The van der Waals surface area contributed by atoms with E-state index in [-0.39, 0.29) is 23.9 Å². The largest absolute Gasteiger partial charge is 0.481 e. The first-order valence-corrected chi connectivity index (χ1v) is 10.7. The van der Waals surface area contributed by atoms with Crippen molar-refractivity contribution >= 4 is 39.4 Å². The van der Waals surface area contributed by atoms with Crippen LogP contribution in [0.1, 0.15) is 30.9 Å². The first-order chi connectivity index (χ1) is 13.9. The van der Waals surface area contributed by atoms with Crippen molar-refractivity contribution in [3.05, 3.63) is 42.0 Å². The van der Waals surface area contributed by atoms with Crippen LogP contribution in [0.2, 0.25) is 0 Å². The highest BCUT2D eigenvalue weighted by Crippen LogP contribution is 2.64. The number of halogens is 1. The minimum Gasteiger partial charge on any atom is -0.481 e. The Bertz CT molecular complexity index is 1010. The van der Waals surface area contributed by atoms with E-state index in [2.05, 4.69) is 15.9 Å². The van der Waals surface area contributed by atoms with Gasteiger partial charge in [-0.1, -0.05) is 24.3 Å². The van der Waals surface area contributed by atoms with Crippen LogP contribution in [0.15, 0.2) is 36.4 Å². The second-order valence-corrected chi connectivity index (χ2v) is 9.74. The van der Waals surface area contributed by atoms with Crippen molar-refractivity contribution in [2.45, 2.75) is 41.5 Å². The molecule has 29 heavy (non-hydrogen) atoms. The molecule has 5 aliphatic rings. The fraction of sp³-hybridized carbons (Fsp3) is 0.476. The van der Waals surface area contributed by atoms with Crippen LogP contribution < -0.4 is 4.90 Å². The lowest BCUT2D eigenvalue weighted by atomic mass is 9.73. The van der Waals surface area contributed by atoms with Gasteiger partial charge in [-0.15, -0.1) is 0 Å². The molecule has 0 saturated carbocycles. The van der Waals surface area contributed by atoms with Gasteiger partial charge < -0.3 is 19.6 Å². The monoisotopic (exact) mass is 458 g/mol. The van der Waals surface area contributed by atoms with E-state index in [1.54, 1.807) is 11.0 Å². The molecule has 6 rings (SSSR count). The molecule has 3 saturated heterocycles. The van der Waals surface area contributed by atoms with Gasteiger partial charge in [-0.05, 0) is 46.5 Å². The summed E-state index contributed by atoms with van der Waals surface area (Å²) in [6, 6.07) is 7.15. The molecule has 5 aliphatic heterocycles. The lowest BCUT2D eigenvalue weighted by molar-refractivity contribution is -0.146. The number of carboxylic acids is 1. The molecule has 1 N–H and O–H groups in total. The zero-order valence-electron chi connectivity index (χ0n) is 15.5. The number of likely N-dealkylation sites (tertiary alicyclic amines) is 1. The molecule has 7 nitrogen and oxygen atoms in total. The van der Waals surface area contributed by atoms with Gasteiger partial charge >= 0.3 is 5.97 Å². The minimum atomic E-state index is -1.17. The molecule has 2 amide bonds. The van der Waals surface area contributed by atoms with E-state index in [4.69, 9.17) is 4.74 Å². The number of amides is 2. The van der Waals surface area contributed by atoms with E-state index in [0.29, 0.717) is 19.4 Å². The summed E-state index contributed by atoms with van der Waals surface area (Å²) in [5.74, 6) is -2.93. The molecular weight excluding hydrogens is 440 g/mol. The Morgan fingerprint density at radius 2 is 2.03 bits per heavy atom. The normalized spacial score (nSPS) is 41.7. The Morgan fingerprint density at radius 1 is 1.24 bits per heavy atom. The molecule has 0 aromatic heterocycles. The molecule has 2 bridgehead atoms. The number of hydrogen-bond donors (Lipinski definition) is 1. The molecule has 1 spiro atoms. The summed E-state index contributed by atoms with van der Waals surface area (Å²) >= 11 is 3.45. The van der Waals surface area contributed by atoms with Crippen LogP contribution in [0.25, 0.3) is 0 Å². The van der Waals surface area contributed by atoms with Crippen LogP contribution >= 0.6 is 15.9 Å². The van der Waals surface area contributed by atoms with Gasteiger partial charge in [0, 0.05) is 18.7 Å². The standard InChI is InChI=1S/C21H19BrN2O5/c22-21-8-7-20(29-21)14-10-13(23-9-3-6-15(23)25)11-4-1-2-5-12(11)24(14)18(26)16(20)17(21)19(27)28/h1-2,4-5,7-8,13-14,16-17H,3,6,9-10H2,(H,27,28)/t13-,14-,16-,17+,20+,21+/m0/s1. The Kier molecular flexibility index (Phi) is 3.34. The van der Waals surface area contributed by atoms with Gasteiger partial charge in [0.25, 0.3) is 0 Å². The number of ether oxygens (including phenoxy) is 1. The van der Waals surface area contributed by atoms with Crippen molar-refractivity contribution in [1.29, 1.82) is 0 Å². The quantitative estimate of drug-likeness (QED) is 0.542.